The molecule has 0 aliphatic carbocycles. The number of piperazine rings is 1. The zero-order chi connectivity index (χ0) is 14.1. The van der Waals surface area contributed by atoms with Gasteiger partial charge < -0.3 is 4.90 Å². The van der Waals surface area contributed by atoms with E-state index in [2.05, 4.69) is 54.9 Å². The van der Waals surface area contributed by atoms with Crippen LogP contribution in [0.15, 0.2) is 11.6 Å². The van der Waals surface area contributed by atoms with Gasteiger partial charge in [0, 0.05) is 48.7 Å². The molecule has 1 saturated heterocycles. The molecule has 19 heavy (non-hydrogen) atoms. The molecule has 0 bridgehead atoms. The van der Waals surface area contributed by atoms with Crippen molar-refractivity contribution in [1.29, 1.82) is 0 Å². The summed E-state index contributed by atoms with van der Waals surface area (Å²) in [6, 6.07) is 0. The molecule has 0 unspecified atom stereocenters. The van der Waals surface area contributed by atoms with Gasteiger partial charge in [-0.25, -0.2) is 4.98 Å². The Morgan fingerprint density at radius 3 is 2.32 bits per heavy atom. The van der Waals surface area contributed by atoms with Crippen LogP contribution in [-0.2, 0) is 5.41 Å². The minimum Gasteiger partial charge on any atom is -0.304 e. The number of hydrogen-bond donors (Lipinski definition) is 0. The van der Waals surface area contributed by atoms with Crippen molar-refractivity contribution in [3.8, 4) is 0 Å². The van der Waals surface area contributed by atoms with Gasteiger partial charge in [0.2, 0.25) is 0 Å². The van der Waals surface area contributed by atoms with Crippen molar-refractivity contribution in [3.05, 3.63) is 16.6 Å². The fourth-order valence-electron chi connectivity index (χ4n) is 3.24. The molecule has 2 rings (SSSR count). The van der Waals surface area contributed by atoms with Crippen LogP contribution in [0.4, 0.5) is 0 Å². The van der Waals surface area contributed by atoms with E-state index in [0.29, 0.717) is 0 Å². The van der Waals surface area contributed by atoms with Crippen LogP contribution in [0.1, 0.15) is 39.1 Å². The van der Waals surface area contributed by atoms with Gasteiger partial charge in [0.25, 0.3) is 0 Å². The van der Waals surface area contributed by atoms with Gasteiger partial charge in [-0.1, -0.05) is 13.8 Å². The van der Waals surface area contributed by atoms with Crippen molar-refractivity contribution in [1.82, 2.24) is 14.8 Å². The standard InChI is InChI=1S/C15H27N3S/c1-14(2,13-16-6-11-19-13)12-15(3,4)18-9-7-17(5)8-10-18/h6,11H,7-10,12H2,1-5H3. The Morgan fingerprint density at radius 1 is 1.16 bits per heavy atom. The maximum atomic E-state index is 4.52. The minimum absolute atomic E-state index is 0.154. The molecular weight excluding hydrogens is 254 g/mol. The molecule has 4 heteroatoms. The summed E-state index contributed by atoms with van der Waals surface area (Å²) in [6.07, 6.45) is 3.07. The molecule has 0 N–H and O–H groups in total. The van der Waals surface area contributed by atoms with Crippen molar-refractivity contribution in [3.63, 3.8) is 0 Å². The van der Waals surface area contributed by atoms with Crippen molar-refractivity contribution >= 4 is 11.3 Å². The molecule has 2 heterocycles. The normalized spacial score (nSPS) is 19.8. The van der Waals surface area contributed by atoms with Crippen LogP contribution >= 0.6 is 11.3 Å². The second kappa shape index (κ2) is 5.51. The molecule has 1 fully saturated rings. The van der Waals surface area contributed by atoms with E-state index in [9.17, 15) is 0 Å². The molecule has 0 saturated carbocycles. The van der Waals surface area contributed by atoms with Crippen LogP contribution in [0.5, 0.6) is 0 Å². The molecular formula is C15H27N3S. The second-order valence-electron chi connectivity index (χ2n) is 7.00. The number of aromatic nitrogens is 1. The highest BCUT2D eigenvalue weighted by atomic mass is 32.1. The first-order valence-corrected chi connectivity index (χ1v) is 8.03. The Kier molecular flexibility index (Phi) is 4.33. The highest BCUT2D eigenvalue weighted by Gasteiger charge is 2.36. The lowest BCUT2D eigenvalue weighted by Crippen LogP contribution is -2.55. The summed E-state index contributed by atoms with van der Waals surface area (Å²) in [6.45, 7) is 14.1. The third-order valence-electron chi connectivity index (χ3n) is 4.25. The first-order valence-electron chi connectivity index (χ1n) is 7.15. The van der Waals surface area contributed by atoms with Gasteiger partial charge in [-0.15, -0.1) is 11.3 Å². The Hall–Kier alpha value is -0.450. The first-order chi connectivity index (χ1) is 8.81. The summed E-state index contributed by atoms with van der Waals surface area (Å²) >= 11 is 1.78. The number of likely N-dealkylation sites (N-methyl/N-ethyl adjacent to an activating group) is 1. The summed E-state index contributed by atoms with van der Waals surface area (Å²) in [5.41, 5.74) is 0.386. The van der Waals surface area contributed by atoms with E-state index in [-0.39, 0.29) is 11.0 Å². The fourth-order valence-corrected chi connectivity index (χ4v) is 4.00. The third-order valence-corrected chi connectivity index (χ3v) is 5.38. The second-order valence-corrected chi connectivity index (χ2v) is 7.90. The van der Waals surface area contributed by atoms with Crippen LogP contribution in [0.25, 0.3) is 0 Å². The maximum Gasteiger partial charge on any atom is 0.0981 e. The molecule has 1 aromatic rings. The van der Waals surface area contributed by atoms with Crippen LogP contribution in [-0.4, -0.2) is 53.5 Å². The zero-order valence-electron chi connectivity index (χ0n) is 12.9. The highest BCUT2D eigenvalue weighted by Crippen LogP contribution is 2.36. The lowest BCUT2D eigenvalue weighted by molar-refractivity contribution is 0.0442. The van der Waals surface area contributed by atoms with E-state index in [4.69, 9.17) is 0 Å². The lowest BCUT2D eigenvalue weighted by Gasteiger charge is -2.46. The largest absolute Gasteiger partial charge is 0.304 e. The molecule has 1 aliphatic heterocycles. The SMILES string of the molecule is CN1CCN(C(C)(C)CC(C)(C)c2nccs2)CC1. The van der Waals surface area contributed by atoms with E-state index in [1.807, 2.05) is 6.20 Å². The van der Waals surface area contributed by atoms with Crippen LogP contribution in [0.2, 0.25) is 0 Å². The Bertz CT molecular complexity index is 390. The summed E-state index contributed by atoms with van der Waals surface area (Å²) in [5.74, 6) is 0. The van der Waals surface area contributed by atoms with Crippen LogP contribution < -0.4 is 0 Å². The van der Waals surface area contributed by atoms with Gasteiger partial charge in [0.05, 0.1) is 5.01 Å². The number of nitrogens with zero attached hydrogens (tertiary/aromatic N) is 3. The van der Waals surface area contributed by atoms with Gasteiger partial charge in [-0.2, -0.15) is 0 Å². The average Bonchev–Trinajstić information content (AvgIpc) is 2.82. The van der Waals surface area contributed by atoms with E-state index >= 15 is 0 Å². The number of thiazole rings is 1. The topological polar surface area (TPSA) is 19.4 Å². The van der Waals surface area contributed by atoms with E-state index in [1.54, 1.807) is 11.3 Å². The van der Waals surface area contributed by atoms with Gasteiger partial charge in [-0.3, -0.25) is 4.90 Å². The summed E-state index contributed by atoms with van der Waals surface area (Å²) in [4.78, 5) is 9.58. The first kappa shape index (κ1) is 14.9. The molecule has 0 atom stereocenters. The van der Waals surface area contributed by atoms with Gasteiger partial charge in [0.15, 0.2) is 0 Å². The van der Waals surface area contributed by atoms with Gasteiger partial charge in [0.1, 0.15) is 0 Å². The number of hydrogen-bond acceptors (Lipinski definition) is 4. The predicted octanol–water partition coefficient (Wildman–Crippen LogP) is 2.84. The minimum atomic E-state index is 0.154. The Morgan fingerprint density at radius 2 is 1.79 bits per heavy atom. The van der Waals surface area contributed by atoms with E-state index in [0.717, 1.165) is 6.42 Å². The van der Waals surface area contributed by atoms with Gasteiger partial charge in [-0.05, 0) is 27.3 Å². The van der Waals surface area contributed by atoms with Crippen LogP contribution in [0, 0.1) is 0 Å². The number of rotatable bonds is 4. The summed E-state index contributed by atoms with van der Waals surface area (Å²) in [7, 11) is 2.21. The Balaban J connectivity index is 2.04. The molecule has 108 valence electrons. The molecule has 0 aromatic carbocycles. The molecule has 3 nitrogen and oxygen atoms in total. The zero-order valence-corrected chi connectivity index (χ0v) is 13.8. The molecule has 1 aliphatic rings. The van der Waals surface area contributed by atoms with Crippen molar-refractivity contribution in [2.75, 3.05) is 33.2 Å². The Labute approximate surface area is 121 Å². The fraction of sp³-hybridized carbons (Fsp3) is 0.800. The highest BCUT2D eigenvalue weighted by molar-refractivity contribution is 7.09. The molecule has 0 radical (unpaired) electrons. The smallest absolute Gasteiger partial charge is 0.0981 e. The molecule has 1 aromatic heterocycles. The molecule has 0 amide bonds. The van der Waals surface area contributed by atoms with Gasteiger partial charge >= 0.3 is 0 Å². The third kappa shape index (κ3) is 3.56. The quantitative estimate of drug-likeness (QED) is 0.846. The maximum absolute atomic E-state index is 4.52. The van der Waals surface area contributed by atoms with E-state index in [1.165, 1.54) is 31.2 Å². The average molecular weight is 281 g/mol. The summed E-state index contributed by atoms with van der Waals surface area (Å²) < 4.78 is 0. The van der Waals surface area contributed by atoms with E-state index < -0.39 is 0 Å². The van der Waals surface area contributed by atoms with Crippen molar-refractivity contribution < 1.29 is 0 Å². The summed E-state index contributed by atoms with van der Waals surface area (Å²) in [5, 5.41) is 3.34. The monoisotopic (exact) mass is 281 g/mol. The molecule has 0 spiro atoms. The van der Waals surface area contributed by atoms with Crippen molar-refractivity contribution in [2.24, 2.45) is 0 Å². The van der Waals surface area contributed by atoms with Crippen LogP contribution in [0.3, 0.4) is 0 Å². The lowest BCUT2D eigenvalue weighted by atomic mass is 9.79. The van der Waals surface area contributed by atoms with Crippen molar-refractivity contribution in [2.45, 2.75) is 45.1 Å². The predicted molar refractivity (Wildman–Crippen MR) is 82.9 cm³/mol.